The monoisotopic (exact) mass is 421 g/mol. The number of carboxylic acid groups (broad SMARTS) is 2. The van der Waals surface area contributed by atoms with E-state index in [0.717, 1.165) is 58.4 Å². The number of H-pyrrole nitrogens is 1. The van der Waals surface area contributed by atoms with E-state index in [1.807, 2.05) is 25.1 Å². The zero-order chi connectivity index (χ0) is 22.5. The largest absolute Gasteiger partial charge is 0.478 e. The second-order valence-corrected chi connectivity index (χ2v) is 7.17. The SMILES string of the molecule is Cc1[nH]cnc1/C=C1/CCCc2c(c3ccccc3n2C)C1=O.O=C(O)/C=C\C(=O)O. The number of Topliss-reactive ketones (excluding diaryl/α,β-unsaturated/α-hetero) is 1. The van der Waals surface area contributed by atoms with Crippen molar-refractivity contribution in [1.82, 2.24) is 14.5 Å². The van der Waals surface area contributed by atoms with Gasteiger partial charge in [0.2, 0.25) is 0 Å². The maximum atomic E-state index is 13.2. The summed E-state index contributed by atoms with van der Waals surface area (Å²) in [7, 11) is 2.06. The van der Waals surface area contributed by atoms with Crippen LogP contribution in [0.1, 0.15) is 40.3 Å². The highest BCUT2D eigenvalue weighted by Crippen LogP contribution is 2.33. The number of aryl methyl sites for hydroxylation is 2. The lowest BCUT2D eigenvalue weighted by Crippen LogP contribution is -2.04. The molecule has 0 fully saturated rings. The summed E-state index contributed by atoms with van der Waals surface area (Å²) >= 11 is 0. The van der Waals surface area contributed by atoms with Gasteiger partial charge in [-0.25, -0.2) is 14.6 Å². The maximum Gasteiger partial charge on any atom is 0.328 e. The minimum Gasteiger partial charge on any atom is -0.478 e. The van der Waals surface area contributed by atoms with Crippen LogP contribution in [0.2, 0.25) is 0 Å². The number of rotatable bonds is 3. The average molecular weight is 421 g/mol. The van der Waals surface area contributed by atoms with E-state index in [0.29, 0.717) is 12.2 Å². The van der Waals surface area contributed by atoms with Gasteiger partial charge in [0.25, 0.3) is 0 Å². The summed E-state index contributed by atoms with van der Waals surface area (Å²) in [5.41, 5.74) is 5.86. The van der Waals surface area contributed by atoms with Crippen LogP contribution in [0.25, 0.3) is 17.0 Å². The molecular formula is C23H23N3O5. The van der Waals surface area contributed by atoms with E-state index in [4.69, 9.17) is 10.2 Å². The predicted molar refractivity (Wildman–Crippen MR) is 116 cm³/mol. The molecule has 8 heteroatoms. The van der Waals surface area contributed by atoms with Crippen LogP contribution in [-0.4, -0.2) is 42.5 Å². The van der Waals surface area contributed by atoms with Gasteiger partial charge in [-0.2, -0.15) is 0 Å². The minimum atomic E-state index is -1.26. The highest BCUT2D eigenvalue weighted by atomic mass is 16.4. The van der Waals surface area contributed by atoms with Gasteiger partial charge in [0, 0.05) is 47.1 Å². The van der Waals surface area contributed by atoms with Crippen molar-refractivity contribution < 1.29 is 24.6 Å². The minimum absolute atomic E-state index is 0.150. The van der Waals surface area contributed by atoms with E-state index in [9.17, 15) is 14.4 Å². The van der Waals surface area contributed by atoms with Crippen LogP contribution in [0.3, 0.4) is 0 Å². The van der Waals surface area contributed by atoms with Gasteiger partial charge < -0.3 is 19.8 Å². The molecule has 1 aliphatic carbocycles. The van der Waals surface area contributed by atoms with E-state index in [-0.39, 0.29) is 5.78 Å². The number of nitrogens with one attached hydrogen (secondary N) is 1. The Morgan fingerprint density at radius 1 is 1.13 bits per heavy atom. The smallest absolute Gasteiger partial charge is 0.328 e. The fourth-order valence-electron chi connectivity index (χ4n) is 3.67. The number of aromatic nitrogens is 3. The summed E-state index contributed by atoms with van der Waals surface area (Å²) in [4.78, 5) is 39.7. The van der Waals surface area contributed by atoms with Crippen LogP contribution in [0, 0.1) is 6.92 Å². The van der Waals surface area contributed by atoms with Crippen LogP contribution in [-0.2, 0) is 23.1 Å². The Kier molecular flexibility index (Phi) is 6.49. The molecule has 0 amide bonds. The number of fused-ring (bicyclic) bond motifs is 3. The Balaban J connectivity index is 0.000000293. The summed E-state index contributed by atoms with van der Waals surface area (Å²) in [6, 6.07) is 8.16. The van der Waals surface area contributed by atoms with Crippen LogP contribution < -0.4 is 0 Å². The fourth-order valence-corrected chi connectivity index (χ4v) is 3.67. The summed E-state index contributed by atoms with van der Waals surface area (Å²) in [6.07, 6.45) is 7.46. The van der Waals surface area contributed by atoms with Crippen molar-refractivity contribution in [2.75, 3.05) is 0 Å². The van der Waals surface area contributed by atoms with Crippen LogP contribution in [0.5, 0.6) is 0 Å². The number of carboxylic acids is 2. The third-order valence-electron chi connectivity index (χ3n) is 5.15. The number of allylic oxidation sites excluding steroid dienone is 1. The van der Waals surface area contributed by atoms with Crippen molar-refractivity contribution in [3.63, 3.8) is 0 Å². The van der Waals surface area contributed by atoms with Gasteiger partial charge in [-0.05, 0) is 38.3 Å². The van der Waals surface area contributed by atoms with Gasteiger partial charge in [0.1, 0.15) is 0 Å². The zero-order valence-corrected chi connectivity index (χ0v) is 17.3. The van der Waals surface area contributed by atoms with E-state index in [1.54, 1.807) is 6.33 Å². The molecule has 0 unspecified atom stereocenters. The van der Waals surface area contributed by atoms with Gasteiger partial charge in [-0.3, -0.25) is 4.79 Å². The molecule has 0 bridgehead atoms. The highest BCUT2D eigenvalue weighted by molar-refractivity contribution is 6.19. The molecule has 0 saturated carbocycles. The molecule has 2 heterocycles. The molecule has 0 aliphatic heterocycles. The van der Waals surface area contributed by atoms with Gasteiger partial charge >= 0.3 is 11.9 Å². The molecular weight excluding hydrogens is 398 g/mol. The van der Waals surface area contributed by atoms with E-state index in [2.05, 4.69) is 33.7 Å². The third kappa shape index (κ3) is 4.80. The van der Waals surface area contributed by atoms with Gasteiger partial charge in [-0.1, -0.05) is 18.2 Å². The quantitative estimate of drug-likeness (QED) is 0.439. The molecule has 8 nitrogen and oxygen atoms in total. The topological polar surface area (TPSA) is 125 Å². The molecule has 0 atom stereocenters. The Labute approximate surface area is 178 Å². The second-order valence-electron chi connectivity index (χ2n) is 7.17. The van der Waals surface area contributed by atoms with Crippen molar-refractivity contribution >= 4 is 34.7 Å². The lowest BCUT2D eigenvalue weighted by atomic mass is 9.99. The van der Waals surface area contributed by atoms with Gasteiger partial charge in [0.15, 0.2) is 5.78 Å². The van der Waals surface area contributed by atoms with Crippen LogP contribution in [0.4, 0.5) is 0 Å². The number of carbonyl (C=O) groups is 3. The molecule has 4 rings (SSSR count). The van der Waals surface area contributed by atoms with E-state index < -0.39 is 11.9 Å². The Morgan fingerprint density at radius 3 is 2.42 bits per heavy atom. The first-order chi connectivity index (χ1) is 14.8. The van der Waals surface area contributed by atoms with Gasteiger partial charge in [-0.15, -0.1) is 0 Å². The normalized spacial score (nSPS) is 14.9. The lowest BCUT2D eigenvalue weighted by molar-refractivity contribution is -0.134. The molecule has 2 aromatic heterocycles. The molecule has 1 aromatic carbocycles. The predicted octanol–water partition coefficient (Wildman–Crippen LogP) is 3.52. The van der Waals surface area contributed by atoms with Crippen molar-refractivity contribution in [3.05, 3.63) is 71.0 Å². The standard InChI is InChI=1S/C19H19N3O.C4H4O4/c1-12-15(21-11-20-12)10-13-6-5-9-17-18(19(13)23)14-7-3-4-8-16(14)22(17)2;5-3(6)1-2-4(7)8/h3-4,7-8,10-11H,5-6,9H2,1-2H3,(H,20,21);1-2H,(H,5,6)(H,7,8)/b13-10-;2-1-. The van der Waals surface area contributed by atoms with E-state index in [1.165, 1.54) is 0 Å². The number of hydrogen-bond acceptors (Lipinski definition) is 4. The fraction of sp³-hybridized carbons (Fsp3) is 0.217. The molecule has 1 aliphatic rings. The van der Waals surface area contributed by atoms with Crippen molar-refractivity contribution in [1.29, 1.82) is 0 Å². The lowest BCUT2D eigenvalue weighted by Gasteiger charge is -2.03. The first-order valence-corrected chi connectivity index (χ1v) is 9.75. The summed E-state index contributed by atoms with van der Waals surface area (Å²) in [5.74, 6) is -2.36. The number of imidazole rings is 1. The first-order valence-electron chi connectivity index (χ1n) is 9.75. The summed E-state index contributed by atoms with van der Waals surface area (Å²) in [5, 5.41) is 16.7. The Hall–Kier alpha value is -3.94. The maximum absolute atomic E-state index is 13.2. The summed E-state index contributed by atoms with van der Waals surface area (Å²) in [6.45, 7) is 1.98. The molecule has 3 N–H and O–H groups in total. The number of aromatic amines is 1. The highest BCUT2D eigenvalue weighted by Gasteiger charge is 2.26. The number of benzene rings is 1. The number of para-hydroxylation sites is 1. The van der Waals surface area contributed by atoms with Crippen molar-refractivity contribution in [2.24, 2.45) is 7.05 Å². The summed E-state index contributed by atoms with van der Waals surface area (Å²) < 4.78 is 2.17. The number of nitrogens with zero attached hydrogens (tertiary/aromatic N) is 2. The molecule has 0 radical (unpaired) electrons. The average Bonchev–Trinajstić information content (AvgIpc) is 3.21. The molecule has 0 spiro atoms. The molecule has 160 valence electrons. The number of hydrogen-bond donors (Lipinski definition) is 3. The number of carbonyl (C=O) groups excluding carboxylic acids is 1. The zero-order valence-electron chi connectivity index (χ0n) is 17.3. The van der Waals surface area contributed by atoms with Crippen molar-refractivity contribution in [2.45, 2.75) is 26.2 Å². The Bertz CT molecular complexity index is 1200. The van der Waals surface area contributed by atoms with Crippen molar-refractivity contribution in [3.8, 4) is 0 Å². The van der Waals surface area contributed by atoms with Crippen LogP contribution in [0.15, 0.2) is 48.3 Å². The van der Waals surface area contributed by atoms with Crippen LogP contribution >= 0.6 is 0 Å². The number of ketones is 1. The first kappa shape index (κ1) is 21.8. The Morgan fingerprint density at radius 2 is 1.81 bits per heavy atom. The number of aliphatic carboxylic acids is 2. The molecule has 0 saturated heterocycles. The van der Waals surface area contributed by atoms with Gasteiger partial charge in [0.05, 0.1) is 17.6 Å². The molecule has 31 heavy (non-hydrogen) atoms. The second kappa shape index (κ2) is 9.25. The third-order valence-corrected chi connectivity index (χ3v) is 5.15. The molecule has 3 aromatic rings. The van der Waals surface area contributed by atoms with E-state index >= 15 is 0 Å².